The van der Waals surface area contributed by atoms with Gasteiger partial charge in [0, 0.05) is 12.1 Å². The predicted molar refractivity (Wildman–Crippen MR) is 82.3 cm³/mol. The number of aryl methyl sites for hydroxylation is 2. The zero-order chi connectivity index (χ0) is 14.7. The predicted octanol–water partition coefficient (Wildman–Crippen LogP) is 4.85. The van der Waals surface area contributed by atoms with Gasteiger partial charge in [-0.25, -0.2) is 4.39 Å². The van der Waals surface area contributed by atoms with E-state index in [0.717, 1.165) is 5.56 Å². The number of hydrogen-bond acceptors (Lipinski definition) is 1. The molecule has 0 aromatic heterocycles. The van der Waals surface area contributed by atoms with Gasteiger partial charge in [-0.1, -0.05) is 35.9 Å². The third kappa shape index (κ3) is 3.45. The third-order valence-corrected chi connectivity index (χ3v) is 3.74. The second-order valence-corrected chi connectivity index (χ2v) is 5.53. The van der Waals surface area contributed by atoms with Crippen LogP contribution in [0.4, 0.5) is 4.39 Å². The Kier molecular flexibility index (Phi) is 4.56. The van der Waals surface area contributed by atoms with E-state index in [1.165, 1.54) is 22.8 Å². The van der Waals surface area contributed by atoms with Crippen molar-refractivity contribution in [3.63, 3.8) is 0 Å². The summed E-state index contributed by atoms with van der Waals surface area (Å²) in [6, 6.07) is 13.6. The average molecular weight is 271 g/mol. The molecule has 0 heterocycles. The summed E-state index contributed by atoms with van der Waals surface area (Å²) < 4.78 is 13.3. The molecule has 0 saturated heterocycles. The molecule has 2 heteroatoms. The molecular formula is C18H22FN. The molecule has 2 rings (SSSR count). The molecule has 0 fully saturated rings. The lowest BCUT2D eigenvalue weighted by molar-refractivity contribution is 0.490. The SMILES string of the molecule is Cc1ccc(C(C)N[C@H](C)c2cccc(F)c2)c(C)c1. The smallest absolute Gasteiger partial charge is 0.123 e. The maximum Gasteiger partial charge on any atom is 0.123 e. The van der Waals surface area contributed by atoms with Crippen molar-refractivity contribution in [2.45, 2.75) is 39.8 Å². The van der Waals surface area contributed by atoms with Crippen molar-refractivity contribution in [2.24, 2.45) is 0 Å². The second kappa shape index (κ2) is 6.19. The highest BCUT2D eigenvalue weighted by molar-refractivity contribution is 5.33. The van der Waals surface area contributed by atoms with Crippen molar-refractivity contribution in [3.8, 4) is 0 Å². The van der Waals surface area contributed by atoms with E-state index in [-0.39, 0.29) is 17.9 Å². The normalized spacial score (nSPS) is 14.1. The molecule has 1 unspecified atom stereocenters. The Morgan fingerprint density at radius 2 is 1.70 bits per heavy atom. The summed E-state index contributed by atoms with van der Waals surface area (Å²) in [6.07, 6.45) is 0. The van der Waals surface area contributed by atoms with Crippen molar-refractivity contribution in [1.82, 2.24) is 5.32 Å². The fourth-order valence-corrected chi connectivity index (χ4v) is 2.65. The van der Waals surface area contributed by atoms with E-state index in [1.54, 1.807) is 12.1 Å². The molecule has 106 valence electrons. The first-order valence-electron chi connectivity index (χ1n) is 7.06. The van der Waals surface area contributed by atoms with E-state index in [2.05, 4.69) is 51.2 Å². The first-order valence-corrected chi connectivity index (χ1v) is 7.06. The molecule has 0 bridgehead atoms. The van der Waals surface area contributed by atoms with Gasteiger partial charge in [0.25, 0.3) is 0 Å². The first-order chi connectivity index (χ1) is 9.47. The van der Waals surface area contributed by atoms with Crippen LogP contribution in [0.3, 0.4) is 0 Å². The average Bonchev–Trinajstić information content (AvgIpc) is 2.38. The maximum absolute atomic E-state index is 13.3. The van der Waals surface area contributed by atoms with Gasteiger partial charge in [0.15, 0.2) is 0 Å². The number of rotatable bonds is 4. The van der Waals surface area contributed by atoms with Gasteiger partial charge in [-0.3, -0.25) is 0 Å². The van der Waals surface area contributed by atoms with Crippen LogP contribution in [0.15, 0.2) is 42.5 Å². The summed E-state index contributed by atoms with van der Waals surface area (Å²) in [4.78, 5) is 0. The number of benzene rings is 2. The molecule has 0 spiro atoms. The molecule has 0 amide bonds. The summed E-state index contributed by atoms with van der Waals surface area (Å²) in [5, 5.41) is 3.53. The van der Waals surface area contributed by atoms with Gasteiger partial charge in [-0.2, -0.15) is 0 Å². The maximum atomic E-state index is 13.3. The standard InChI is InChI=1S/C18H22FN/c1-12-8-9-18(13(2)10-12)15(4)20-14(3)16-6-5-7-17(19)11-16/h5-11,14-15,20H,1-4H3/t14-,15?/m1/s1. The molecule has 2 aromatic rings. The Hall–Kier alpha value is -1.67. The van der Waals surface area contributed by atoms with Crippen molar-refractivity contribution in [2.75, 3.05) is 0 Å². The van der Waals surface area contributed by atoms with Gasteiger partial charge in [-0.05, 0) is 56.5 Å². The van der Waals surface area contributed by atoms with E-state index in [1.807, 2.05) is 6.07 Å². The summed E-state index contributed by atoms with van der Waals surface area (Å²) in [7, 11) is 0. The van der Waals surface area contributed by atoms with Crippen LogP contribution in [-0.4, -0.2) is 0 Å². The lowest BCUT2D eigenvalue weighted by atomic mass is 9.99. The van der Waals surface area contributed by atoms with Gasteiger partial charge in [0.1, 0.15) is 5.82 Å². The molecular weight excluding hydrogens is 249 g/mol. The number of hydrogen-bond donors (Lipinski definition) is 1. The molecule has 0 aliphatic carbocycles. The minimum Gasteiger partial charge on any atom is -0.304 e. The van der Waals surface area contributed by atoms with Crippen molar-refractivity contribution >= 4 is 0 Å². The van der Waals surface area contributed by atoms with Crippen LogP contribution in [0, 0.1) is 19.7 Å². The quantitative estimate of drug-likeness (QED) is 0.837. The van der Waals surface area contributed by atoms with Crippen molar-refractivity contribution in [1.29, 1.82) is 0 Å². The van der Waals surface area contributed by atoms with Gasteiger partial charge in [0.2, 0.25) is 0 Å². The molecule has 2 aromatic carbocycles. The summed E-state index contributed by atoms with van der Waals surface area (Å²) in [5.41, 5.74) is 4.83. The summed E-state index contributed by atoms with van der Waals surface area (Å²) in [6.45, 7) is 8.44. The highest BCUT2D eigenvalue weighted by Crippen LogP contribution is 2.23. The minimum absolute atomic E-state index is 0.112. The monoisotopic (exact) mass is 271 g/mol. The van der Waals surface area contributed by atoms with E-state index in [9.17, 15) is 4.39 Å². The molecule has 0 aliphatic heterocycles. The van der Waals surface area contributed by atoms with Crippen molar-refractivity contribution in [3.05, 3.63) is 70.5 Å². The number of nitrogens with one attached hydrogen (secondary N) is 1. The van der Waals surface area contributed by atoms with Crippen LogP contribution in [0.1, 0.15) is 48.2 Å². The highest BCUT2D eigenvalue weighted by atomic mass is 19.1. The lowest BCUT2D eigenvalue weighted by Crippen LogP contribution is -2.23. The van der Waals surface area contributed by atoms with Crippen LogP contribution >= 0.6 is 0 Å². The minimum atomic E-state index is -0.185. The van der Waals surface area contributed by atoms with E-state index < -0.39 is 0 Å². The zero-order valence-corrected chi connectivity index (χ0v) is 12.6. The molecule has 0 saturated carbocycles. The number of halogens is 1. The fraction of sp³-hybridized carbons (Fsp3) is 0.333. The Morgan fingerprint density at radius 1 is 0.950 bits per heavy atom. The molecule has 2 atom stereocenters. The van der Waals surface area contributed by atoms with E-state index >= 15 is 0 Å². The Labute approximate surface area is 120 Å². The molecule has 0 radical (unpaired) electrons. The molecule has 1 nitrogen and oxygen atoms in total. The fourth-order valence-electron chi connectivity index (χ4n) is 2.65. The zero-order valence-electron chi connectivity index (χ0n) is 12.6. The van der Waals surface area contributed by atoms with Gasteiger partial charge < -0.3 is 5.32 Å². The third-order valence-electron chi connectivity index (χ3n) is 3.74. The lowest BCUT2D eigenvalue weighted by Gasteiger charge is -2.22. The largest absolute Gasteiger partial charge is 0.304 e. The van der Waals surface area contributed by atoms with Gasteiger partial charge in [-0.15, -0.1) is 0 Å². The molecule has 0 aliphatic rings. The second-order valence-electron chi connectivity index (χ2n) is 5.53. The molecule has 20 heavy (non-hydrogen) atoms. The van der Waals surface area contributed by atoms with Crippen LogP contribution in [-0.2, 0) is 0 Å². The topological polar surface area (TPSA) is 12.0 Å². The first kappa shape index (κ1) is 14.7. The Bertz CT molecular complexity index is 592. The van der Waals surface area contributed by atoms with Crippen LogP contribution in [0.5, 0.6) is 0 Å². The summed E-state index contributed by atoms with van der Waals surface area (Å²) in [5.74, 6) is -0.185. The van der Waals surface area contributed by atoms with Crippen LogP contribution < -0.4 is 5.32 Å². The summed E-state index contributed by atoms with van der Waals surface area (Å²) >= 11 is 0. The van der Waals surface area contributed by atoms with Crippen LogP contribution in [0.25, 0.3) is 0 Å². The molecule has 1 N–H and O–H groups in total. The van der Waals surface area contributed by atoms with Gasteiger partial charge >= 0.3 is 0 Å². The Morgan fingerprint density at radius 3 is 2.35 bits per heavy atom. The van der Waals surface area contributed by atoms with E-state index in [4.69, 9.17) is 0 Å². The van der Waals surface area contributed by atoms with Crippen molar-refractivity contribution < 1.29 is 4.39 Å². The van der Waals surface area contributed by atoms with Crippen LogP contribution in [0.2, 0.25) is 0 Å². The Balaban J connectivity index is 2.12. The van der Waals surface area contributed by atoms with E-state index in [0.29, 0.717) is 0 Å². The van der Waals surface area contributed by atoms with Gasteiger partial charge in [0.05, 0.1) is 0 Å². The highest BCUT2D eigenvalue weighted by Gasteiger charge is 2.13.